The molecule has 1 aromatic carbocycles. The molecule has 1 aromatic heterocycles. The Morgan fingerprint density at radius 2 is 2.04 bits per heavy atom. The number of nitrogens with zero attached hydrogens (tertiary/aromatic N) is 1. The van der Waals surface area contributed by atoms with Gasteiger partial charge in [0.15, 0.2) is 6.23 Å². The molecule has 2 atom stereocenters. The molecule has 0 unspecified atom stereocenters. The molecule has 1 aliphatic heterocycles. The van der Waals surface area contributed by atoms with Gasteiger partial charge in [0, 0.05) is 18.4 Å². The lowest BCUT2D eigenvalue weighted by molar-refractivity contribution is -0.244. The predicted octanol–water partition coefficient (Wildman–Crippen LogP) is 1.88. The lowest BCUT2D eigenvalue weighted by Gasteiger charge is -2.29. The number of nitrogens with one attached hydrogen (secondary N) is 1. The van der Waals surface area contributed by atoms with Gasteiger partial charge in [0.1, 0.15) is 6.61 Å². The minimum atomic E-state index is -1.07. The van der Waals surface area contributed by atoms with Crippen LogP contribution >= 0.6 is 0 Å². The van der Waals surface area contributed by atoms with Crippen molar-refractivity contribution in [1.82, 2.24) is 9.55 Å². The molecule has 0 radical (unpaired) electrons. The molecule has 0 saturated heterocycles. The van der Waals surface area contributed by atoms with Crippen molar-refractivity contribution in [3.63, 3.8) is 0 Å². The molecule has 0 amide bonds. The highest BCUT2D eigenvalue weighted by Crippen LogP contribution is 2.30. The Kier molecular flexibility index (Phi) is 5.51. The number of aryl methyl sites for hydroxylation is 1. The molecule has 3 rings (SSSR count). The third-order valence-electron chi connectivity index (χ3n) is 4.06. The number of H-pyrrole nitrogens is 1. The first-order chi connectivity index (χ1) is 12.5. The highest BCUT2D eigenvalue weighted by atomic mass is 16.7. The molecular formula is C19H22N2O5. The van der Waals surface area contributed by atoms with Gasteiger partial charge in [-0.3, -0.25) is 14.3 Å². The van der Waals surface area contributed by atoms with Gasteiger partial charge in [-0.1, -0.05) is 30.3 Å². The van der Waals surface area contributed by atoms with Gasteiger partial charge in [-0.05, 0) is 31.6 Å². The summed E-state index contributed by atoms with van der Waals surface area (Å²) >= 11 is 0. The molecule has 138 valence electrons. The fourth-order valence-corrected chi connectivity index (χ4v) is 2.77. The zero-order valence-electron chi connectivity index (χ0n) is 14.8. The van der Waals surface area contributed by atoms with Crippen LogP contribution in [0.1, 0.15) is 24.3 Å². The summed E-state index contributed by atoms with van der Waals surface area (Å²) in [5.74, 6) is -1.07. The lowest BCUT2D eigenvalue weighted by atomic mass is 10.2. The van der Waals surface area contributed by atoms with Crippen molar-refractivity contribution >= 4 is 0 Å². The molecule has 0 spiro atoms. The summed E-state index contributed by atoms with van der Waals surface area (Å²) in [6.07, 6.45) is 4.27. The standard InChI is InChI=1S/C19H22N2O5/c1-3-25-19(13-24-12-15-7-5-4-6-8-15)10-9-16(26-19)21-11-14(2)17(22)20-18(21)23/h4-11,16H,3,12-13H2,1-2H3,(H,20,22,23)/t16-,19-/m0/s1. The number of hydrogen-bond acceptors (Lipinski definition) is 5. The van der Waals surface area contributed by atoms with E-state index in [4.69, 9.17) is 14.2 Å². The van der Waals surface area contributed by atoms with Crippen LogP contribution in [0.5, 0.6) is 0 Å². The van der Waals surface area contributed by atoms with E-state index in [-0.39, 0.29) is 6.61 Å². The molecule has 0 aliphatic carbocycles. The monoisotopic (exact) mass is 358 g/mol. The molecule has 0 saturated carbocycles. The average molecular weight is 358 g/mol. The Balaban J connectivity index is 1.71. The Labute approximate surface area is 150 Å². The maximum absolute atomic E-state index is 12.1. The van der Waals surface area contributed by atoms with Crippen molar-refractivity contribution in [2.24, 2.45) is 0 Å². The fourth-order valence-electron chi connectivity index (χ4n) is 2.77. The van der Waals surface area contributed by atoms with Crippen molar-refractivity contribution in [2.45, 2.75) is 32.5 Å². The highest BCUT2D eigenvalue weighted by molar-refractivity contribution is 5.14. The van der Waals surface area contributed by atoms with E-state index in [1.54, 1.807) is 19.1 Å². The summed E-state index contributed by atoms with van der Waals surface area (Å²) in [6.45, 7) is 4.52. The van der Waals surface area contributed by atoms with E-state index < -0.39 is 23.3 Å². The van der Waals surface area contributed by atoms with Crippen LogP contribution in [0.2, 0.25) is 0 Å². The van der Waals surface area contributed by atoms with Crippen LogP contribution in [0.4, 0.5) is 0 Å². The number of aromatic nitrogens is 2. The second kappa shape index (κ2) is 7.82. The number of aromatic amines is 1. The topological polar surface area (TPSA) is 82.5 Å². The zero-order chi connectivity index (χ0) is 18.6. The molecule has 7 heteroatoms. The van der Waals surface area contributed by atoms with E-state index in [0.29, 0.717) is 18.8 Å². The maximum atomic E-state index is 12.1. The van der Waals surface area contributed by atoms with Gasteiger partial charge in [-0.15, -0.1) is 0 Å². The predicted molar refractivity (Wildman–Crippen MR) is 95.8 cm³/mol. The fraction of sp³-hybridized carbons (Fsp3) is 0.368. The maximum Gasteiger partial charge on any atom is 0.330 e. The number of ether oxygens (including phenoxy) is 3. The summed E-state index contributed by atoms with van der Waals surface area (Å²) in [5, 5.41) is 0. The molecule has 1 aliphatic rings. The SMILES string of the molecule is CCO[C@@]1(COCc2ccccc2)C=C[C@@H](n2cc(C)c(=O)[nH]c2=O)O1. The molecule has 7 nitrogen and oxygen atoms in total. The minimum Gasteiger partial charge on any atom is -0.371 e. The Hall–Kier alpha value is -2.48. The van der Waals surface area contributed by atoms with E-state index in [1.165, 1.54) is 10.8 Å². The second-order valence-corrected chi connectivity index (χ2v) is 6.07. The Bertz CT molecular complexity index is 887. The first kappa shape index (κ1) is 18.3. The molecule has 26 heavy (non-hydrogen) atoms. The van der Waals surface area contributed by atoms with Crippen molar-refractivity contribution in [3.05, 3.63) is 80.6 Å². The van der Waals surface area contributed by atoms with Gasteiger partial charge < -0.3 is 14.2 Å². The molecule has 0 fully saturated rings. The third kappa shape index (κ3) is 4.01. The van der Waals surface area contributed by atoms with Crippen LogP contribution in [-0.2, 0) is 20.8 Å². The second-order valence-electron chi connectivity index (χ2n) is 6.07. The number of benzene rings is 1. The van der Waals surface area contributed by atoms with Gasteiger partial charge in [0.25, 0.3) is 5.56 Å². The van der Waals surface area contributed by atoms with Crippen molar-refractivity contribution < 1.29 is 14.2 Å². The first-order valence-corrected chi connectivity index (χ1v) is 8.48. The van der Waals surface area contributed by atoms with Crippen LogP contribution in [0.25, 0.3) is 0 Å². The van der Waals surface area contributed by atoms with Gasteiger partial charge in [-0.25, -0.2) is 4.79 Å². The molecular weight excluding hydrogens is 336 g/mol. The van der Waals surface area contributed by atoms with Crippen LogP contribution in [0.3, 0.4) is 0 Å². The van der Waals surface area contributed by atoms with Crippen molar-refractivity contribution in [1.29, 1.82) is 0 Å². The minimum absolute atomic E-state index is 0.180. The van der Waals surface area contributed by atoms with Crippen molar-refractivity contribution in [2.75, 3.05) is 13.2 Å². The summed E-state index contributed by atoms with van der Waals surface area (Å²) < 4.78 is 18.8. The van der Waals surface area contributed by atoms with E-state index in [9.17, 15) is 9.59 Å². The summed E-state index contributed by atoms with van der Waals surface area (Å²) in [7, 11) is 0. The van der Waals surface area contributed by atoms with Crippen LogP contribution in [-0.4, -0.2) is 28.6 Å². The smallest absolute Gasteiger partial charge is 0.330 e. The van der Waals surface area contributed by atoms with E-state index in [0.717, 1.165) is 5.56 Å². The normalized spacial score (nSPS) is 22.0. The largest absolute Gasteiger partial charge is 0.371 e. The quantitative estimate of drug-likeness (QED) is 0.764. The molecule has 1 N–H and O–H groups in total. The molecule has 2 heterocycles. The summed E-state index contributed by atoms with van der Waals surface area (Å²) in [6, 6.07) is 9.80. The number of rotatable bonds is 7. The van der Waals surface area contributed by atoms with Crippen LogP contribution < -0.4 is 11.2 Å². The van der Waals surface area contributed by atoms with E-state index in [1.807, 2.05) is 37.3 Å². The van der Waals surface area contributed by atoms with E-state index in [2.05, 4.69) is 4.98 Å². The Morgan fingerprint density at radius 1 is 1.27 bits per heavy atom. The Morgan fingerprint density at radius 3 is 2.77 bits per heavy atom. The van der Waals surface area contributed by atoms with Crippen LogP contribution in [0.15, 0.2) is 58.3 Å². The highest BCUT2D eigenvalue weighted by Gasteiger charge is 2.38. The summed E-state index contributed by atoms with van der Waals surface area (Å²) in [4.78, 5) is 25.9. The molecule has 0 bridgehead atoms. The van der Waals surface area contributed by atoms with Crippen molar-refractivity contribution in [3.8, 4) is 0 Å². The third-order valence-corrected chi connectivity index (χ3v) is 4.06. The van der Waals surface area contributed by atoms with Gasteiger partial charge >= 0.3 is 5.69 Å². The summed E-state index contributed by atoms with van der Waals surface area (Å²) in [5.41, 5.74) is 0.532. The average Bonchev–Trinajstić information content (AvgIpc) is 3.03. The lowest BCUT2D eigenvalue weighted by Crippen LogP contribution is -2.40. The van der Waals surface area contributed by atoms with E-state index >= 15 is 0 Å². The first-order valence-electron chi connectivity index (χ1n) is 8.48. The number of hydrogen-bond donors (Lipinski definition) is 1. The zero-order valence-corrected chi connectivity index (χ0v) is 14.8. The van der Waals surface area contributed by atoms with Crippen LogP contribution in [0, 0.1) is 6.92 Å². The molecule has 2 aromatic rings. The van der Waals surface area contributed by atoms with Gasteiger partial charge in [0.2, 0.25) is 5.79 Å². The van der Waals surface area contributed by atoms with Gasteiger partial charge in [0.05, 0.1) is 6.61 Å². The van der Waals surface area contributed by atoms with Gasteiger partial charge in [-0.2, -0.15) is 0 Å².